The van der Waals surface area contributed by atoms with Gasteiger partial charge >= 0.3 is 0 Å². The van der Waals surface area contributed by atoms with Crippen LogP contribution in [-0.4, -0.2) is 84.9 Å². The van der Waals surface area contributed by atoms with Crippen molar-refractivity contribution >= 4 is 11.7 Å². The summed E-state index contributed by atoms with van der Waals surface area (Å²) in [5, 5.41) is 0. The van der Waals surface area contributed by atoms with Crippen molar-refractivity contribution in [2.24, 2.45) is 0 Å². The molecule has 0 aromatic heterocycles. The fourth-order valence-electron chi connectivity index (χ4n) is 4.71. The molecule has 176 valence electrons. The summed E-state index contributed by atoms with van der Waals surface area (Å²) in [7, 11) is 0. The molecule has 2 heterocycles. The van der Waals surface area contributed by atoms with Gasteiger partial charge in [-0.3, -0.25) is 14.5 Å². The van der Waals surface area contributed by atoms with Crippen molar-refractivity contribution in [2.45, 2.75) is 32.2 Å². The molecule has 2 aliphatic rings. The van der Waals surface area contributed by atoms with Crippen LogP contribution in [0.5, 0.6) is 5.75 Å². The Hall–Kier alpha value is -2.70. The van der Waals surface area contributed by atoms with Gasteiger partial charge in [-0.2, -0.15) is 0 Å². The van der Waals surface area contributed by atoms with E-state index in [0.29, 0.717) is 56.5 Å². The lowest BCUT2D eigenvalue weighted by atomic mass is 10.1. The van der Waals surface area contributed by atoms with E-state index in [2.05, 4.69) is 16.7 Å². The van der Waals surface area contributed by atoms with Crippen molar-refractivity contribution in [1.29, 1.82) is 0 Å². The molecule has 2 aromatic rings. The molecule has 2 aromatic carbocycles. The summed E-state index contributed by atoms with van der Waals surface area (Å²) in [5.74, 6) is 0.911. The second kappa shape index (κ2) is 11.4. The molecule has 4 rings (SSSR count). The third-order valence-corrected chi connectivity index (χ3v) is 6.75. The largest absolute Gasteiger partial charge is 0.494 e. The van der Waals surface area contributed by atoms with Crippen molar-refractivity contribution in [3.05, 3.63) is 65.7 Å². The average Bonchev–Trinajstić information content (AvgIpc) is 3.27. The number of hydrogen-bond acceptors (Lipinski definition) is 5. The summed E-state index contributed by atoms with van der Waals surface area (Å²) < 4.78 is 5.93. The molecule has 6 nitrogen and oxygen atoms in total. The second-order valence-electron chi connectivity index (χ2n) is 9.11. The third kappa shape index (κ3) is 6.42. The molecular weight excluding hydrogens is 414 g/mol. The minimum Gasteiger partial charge on any atom is -0.494 e. The van der Waals surface area contributed by atoms with Crippen LogP contribution in [0.4, 0.5) is 0 Å². The minimum absolute atomic E-state index is 0.0608. The van der Waals surface area contributed by atoms with Crippen molar-refractivity contribution < 1.29 is 14.3 Å². The van der Waals surface area contributed by atoms with E-state index < -0.39 is 0 Å². The van der Waals surface area contributed by atoms with E-state index in [4.69, 9.17) is 4.74 Å². The summed E-state index contributed by atoms with van der Waals surface area (Å²) in [6.45, 7) is 8.27. The van der Waals surface area contributed by atoms with Crippen molar-refractivity contribution in [2.75, 3.05) is 52.4 Å². The Morgan fingerprint density at radius 1 is 0.939 bits per heavy atom. The molecule has 6 heteroatoms. The minimum atomic E-state index is 0.0608. The van der Waals surface area contributed by atoms with Crippen LogP contribution in [0.2, 0.25) is 0 Å². The highest BCUT2D eigenvalue weighted by Gasteiger charge is 2.23. The van der Waals surface area contributed by atoms with Crippen LogP contribution in [0.1, 0.15) is 46.9 Å². The number of carbonyl (C=O) groups excluding carboxylic acids is 2. The Morgan fingerprint density at radius 3 is 2.42 bits per heavy atom. The first-order chi connectivity index (χ1) is 16.1. The normalized spacial score (nSPS) is 19.5. The maximum atomic E-state index is 12.9. The topological polar surface area (TPSA) is 53.1 Å². The zero-order valence-corrected chi connectivity index (χ0v) is 19.6. The molecule has 0 aliphatic carbocycles. The van der Waals surface area contributed by atoms with Crippen molar-refractivity contribution in [1.82, 2.24) is 14.7 Å². The highest BCUT2D eigenvalue weighted by molar-refractivity contribution is 5.98. The van der Waals surface area contributed by atoms with Crippen LogP contribution in [0.3, 0.4) is 0 Å². The summed E-state index contributed by atoms with van der Waals surface area (Å²) in [6.07, 6.45) is 3.59. The van der Waals surface area contributed by atoms with Gasteiger partial charge in [0.1, 0.15) is 5.75 Å². The number of nitrogens with zero attached hydrogens (tertiary/aromatic N) is 3. The number of likely N-dealkylation sites (tertiary alicyclic amines) is 1. The predicted octanol–water partition coefficient (Wildman–Crippen LogP) is 3.58. The summed E-state index contributed by atoms with van der Waals surface area (Å²) >= 11 is 0. The Balaban J connectivity index is 1.21. The molecule has 0 saturated carbocycles. The Labute approximate surface area is 197 Å². The molecule has 1 atom stereocenters. The first-order valence-corrected chi connectivity index (χ1v) is 12.2. The van der Waals surface area contributed by atoms with E-state index in [0.717, 1.165) is 18.7 Å². The van der Waals surface area contributed by atoms with Crippen LogP contribution in [0, 0.1) is 0 Å². The van der Waals surface area contributed by atoms with Gasteiger partial charge in [-0.15, -0.1) is 0 Å². The number of Topliss-reactive ketones (excluding diaryl/α,β-unsaturated/α-hetero) is 1. The third-order valence-electron chi connectivity index (χ3n) is 6.75. The van der Waals surface area contributed by atoms with Gasteiger partial charge < -0.3 is 14.5 Å². The van der Waals surface area contributed by atoms with E-state index in [1.165, 1.54) is 19.4 Å². The van der Waals surface area contributed by atoms with Gasteiger partial charge in [0.15, 0.2) is 5.78 Å². The molecule has 0 unspecified atom stereocenters. The standard InChI is InChI=1S/C27H35N3O3/c1-22-8-6-13-29(22)14-7-19-33-25-12-5-11-24(20-25)26(31)21-28-15-17-30(18-16-28)27(32)23-9-3-2-4-10-23/h2-5,9-12,20,22H,6-8,13-19,21H2,1H3/t22-/m1/s1. The number of carbonyl (C=O) groups is 2. The Kier molecular flexibility index (Phi) is 8.13. The molecule has 2 saturated heterocycles. The SMILES string of the molecule is C[C@@H]1CCCN1CCCOc1cccc(C(=O)CN2CCN(C(=O)c3ccccc3)CC2)c1. The molecule has 2 fully saturated rings. The van der Waals surface area contributed by atoms with Crippen LogP contribution in [-0.2, 0) is 0 Å². The molecular formula is C27H35N3O3. The maximum absolute atomic E-state index is 12.9. The van der Waals surface area contributed by atoms with Crippen LogP contribution in [0.25, 0.3) is 0 Å². The van der Waals surface area contributed by atoms with Gasteiger partial charge in [-0.1, -0.05) is 30.3 Å². The summed E-state index contributed by atoms with van der Waals surface area (Å²) in [4.78, 5) is 32.0. The zero-order chi connectivity index (χ0) is 23.0. The number of ketones is 1. The van der Waals surface area contributed by atoms with E-state index in [9.17, 15) is 9.59 Å². The molecule has 2 aliphatic heterocycles. The first kappa shape index (κ1) is 23.5. The van der Waals surface area contributed by atoms with Gasteiger partial charge in [0, 0.05) is 49.9 Å². The number of ether oxygens (including phenoxy) is 1. The average molecular weight is 450 g/mol. The highest BCUT2D eigenvalue weighted by atomic mass is 16.5. The predicted molar refractivity (Wildman–Crippen MR) is 130 cm³/mol. The van der Waals surface area contributed by atoms with Gasteiger partial charge in [0.2, 0.25) is 0 Å². The van der Waals surface area contributed by atoms with E-state index in [1.54, 1.807) is 0 Å². The highest BCUT2D eigenvalue weighted by Crippen LogP contribution is 2.18. The molecule has 0 radical (unpaired) electrons. The fraction of sp³-hybridized carbons (Fsp3) is 0.481. The molecule has 0 N–H and O–H groups in total. The van der Waals surface area contributed by atoms with Crippen LogP contribution < -0.4 is 4.74 Å². The smallest absolute Gasteiger partial charge is 0.253 e. The van der Waals surface area contributed by atoms with Gasteiger partial charge in [-0.05, 0) is 57.0 Å². The molecule has 0 spiro atoms. The summed E-state index contributed by atoms with van der Waals surface area (Å²) in [6, 6.07) is 17.6. The lowest BCUT2D eigenvalue weighted by molar-refractivity contribution is 0.0624. The Bertz CT molecular complexity index is 925. The van der Waals surface area contributed by atoms with E-state index >= 15 is 0 Å². The monoisotopic (exact) mass is 449 g/mol. The van der Waals surface area contributed by atoms with Gasteiger partial charge in [-0.25, -0.2) is 0 Å². The quantitative estimate of drug-likeness (QED) is 0.433. The number of rotatable bonds is 9. The van der Waals surface area contributed by atoms with Gasteiger partial charge in [0.05, 0.1) is 13.2 Å². The fourth-order valence-corrected chi connectivity index (χ4v) is 4.71. The number of benzene rings is 2. The first-order valence-electron chi connectivity index (χ1n) is 12.2. The number of piperazine rings is 1. The zero-order valence-electron chi connectivity index (χ0n) is 19.6. The van der Waals surface area contributed by atoms with Gasteiger partial charge in [0.25, 0.3) is 5.91 Å². The van der Waals surface area contributed by atoms with E-state index in [-0.39, 0.29) is 11.7 Å². The van der Waals surface area contributed by atoms with Crippen molar-refractivity contribution in [3.63, 3.8) is 0 Å². The lowest BCUT2D eigenvalue weighted by Crippen LogP contribution is -2.49. The number of hydrogen-bond donors (Lipinski definition) is 0. The Morgan fingerprint density at radius 2 is 1.70 bits per heavy atom. The molecule has 33 heavy (non-hydrogen) atoms. The maximum Gasteiger partial charge on any atom is 0.253 e. The second-order valence-corrected chi connectivity index (χ2v) is 9.11. The van der Waals surface area contributed by atoms with Crippen LogP contribution in [0.15, 0.2) is 54.6 Å². The number of amides is 1. The lowest BCUT2D eigenvalue weighted by Gasteiger charge is -2.34. The summed E-state index contributed by atoms with van der Waals surface area (Å²) in [5.41, 5.74) is 1.40. The van der Waals surface area contributed by atoms with E-state index in [1.807, 2.05) is 59.5 Å². The molecule has 0 bridgehead atoms. The van der Waals surface area contributed by atoms with Crippen molar-refractivity contribution in [3.8, 4) is 5.75 Å². The van der Waals surface area contributed by atoms with Crippen LogP contribution >= 0.6 is 0 Å². The molecule has 1 amide bonds.